The van der Waals surface area contributed by atoms with Crippen molar-refractivity contribution in [1.82, 2.24) is 4.90 Å². The highest BCUT2D eigenvalue weighted by atomic mass is 79.9. The van der Waals surface area contributed by atoms with E-state index in [4.69, 9.17) is 9.47 Å². The number of halogens is 1. The van der Waals surface area contributed by atoms with Crippen LogP contribution in [0, 0.1) is 0 Å². The summed E-state index contributed by atoms with van der Waals surface area (Å²) < 4.78 is 11.6. The molecule has 0 bridgehead atoms. The molecule has 27 heavy (non-hydrogen) atoms. The van der Waals surface area contributed by atoms with Crippen molar-refractivity contribution in [2.75, 3.05) is 24.9 Å². The Bertz CT molecular complexity index is 961. The van der Waals surface area contributed by atoms with Crippen LogP contribution in [0.4, 0.5) is 5.69 Å². The molecular formula is C20H17BrN2O4. The lowest BCUT2D eigenvalue weighted by Gasteiger charge is -2.29. The van der Waals surface area contributed by atoms with Gasteiger partial charge in [-0.2, -0.15) is 0 Å². The fourth-order valence-corrected chi connectivity index (χ4v) is 4.65. The van der Waals surface area contributed by atoms with E-state index in [2.05, 4.69) is 26.9 Å². The lowest BCUT2D eigenvalue weighted by molar-refractivity contribution is -0.114. The van der Waals surface area contributed by atoms with Crippen molar-refractivity contribution in [3.63, 3.8) is 0 Å². The zero-order chi connectivity index (χ0) is 18.5. The van der Waals surface area contributed by atoms with Gasteiger partial charge in [0.2, 0.25) is 6.79 Å². The summed E-state index contributed by atoms with van der Waals surface area (Å²) in [4.78, 5) is 28.8. The average Bonchev–Trinajstić information content (AvgIpc) is 3.37. The number of rotatable bonds is 3. The van der Waals surface area contributed by atoms with Gasteiger partial charge in [0, 0.05) is 17.1 Å². The van der Waals surface area contributed by atoms with E-state index >= 15 is 0 Å². The normalized spacial score (nSPS) is 21.2. The van der Waals surface area contributed by atoms with Crippen LogP contribution < -0.4 is 14.4 Å². The molecule has 2 aromatic carbocycles. The maximum absolute atomic E-state index is 12.6. The molecule has 1 unspecified atom stereocenters. The van der Waals surface area contributed by atoms with Gasteiger partial charge in [0.1, 0.15) is 0 Å². The lowest BCUT2D eigenvalue weighted by Crippen LogP contribution is -2.40. The molecule has 138 valence electrons. The first-order valence-electron chi connectivity index (χ1n) is 8.92. The van der Waals surface area contributed by atoms with Crippen molar-refractivity contribution in [2.45, 2.75) is 18.9 Å². The zero-order valence-corrected chi connectivity index (χ0v) is 16.1. The molecule has 7 heteroatoms. The van der Waals surface area contributed by atoms with Gasteiger partial charge in [-0.15, -0.1) is 0 Å². The molecule has 1 saturated heterocycles. The monoisotopic (exact) mass is 428 g/mol. The van der Waals surface area contributed by atoms with Gasteiger partial charge in [-0.3, -0.25) is 19.4 Å². The summed E-state index contributed by atoms with van der Waals surface area (Å²) in [6.45, 7) is 1.52. The highest BCUT2D eigenvalue weighted by molar-refractivity contribution is 9.10. The molecule has 1 atom stereocenters. The number of Topliss-reactive ketones (excluding diaryl/α,β-unsaturated/α-hetero) is 1. The number of carbonyl (C=O) groups excluding carboxylic acids is 2. The highest BCUT2D eigenvalue weighted by Gasteiger charge is 2.39. The summed E-state index contributed by atoms with van der Waals surface area (Å²) >= 11 is 3.39. The maximum Gasteiger partial charge on any atom is 0.300 e. The number of anilines is 1. The summed E-state index contributed by atoms with van der Waals surface area (Å²) in [5.41, 5.74) is 2.28. The quantitative estimate of drug-likeness (QED) is 0.700. The minimum atomic E-state index is -0.465. The third kappa shape index (κ3) is 2.64. The molecule has 6 nitrogen and oxygen atoms in total. The van der Waals surface area contributed by atoms with Gasteiger partial charge in [0.25, 0.3) is 5.78 Å². The average molecular weight is 429 g/mol. The number of hydrogen-bond donors (Lipinski definition) is 0. The molecule has 0 aliphatic carbocycles. The Hall–Kier alpha value is -2.38. The second-order valence-electron chi connectivity index (χ2n) is 6.92. The molecule has 3 aliphatic rings. The largest absolute Gasteiger partial charge is 0.454 e. The van der Waals surface area contributed by atoms with Crippen molar-refractivity contribution >= 4 is 33.3 Å². The fourth-order valence-electron chi connectivity index (χ4n) is 4.12. The van der Waals surface area contributed by atoms with Gasteiger partial charge in [-0.25, -0.2) is 0 Å². The minimum Gasteiger partial charge on any atom is -0.454 e. The fraction of sp³-hybridized carbons (Fsp3) is 0.300. The van der Waals surface area contributed by atoms with E-state index in [0.717, 1.165) is 36.4 Å². The first kappa shape index (κ1) is 16.8. The van der Waals surface area contributed by atoms with E-state index in [1.54, 1.807) is 11.0 Å². The van der Waals surface area contributed by atoms with E-state index in [1.807, 2.05) is 24.3 Å². The summed E-state index contributed by atoms with van der Waals surface area (Å²) in [6.07, 6.45) is 2.04. The second-order valence-corrected chi connectivity index (χ2v) is 7.78. The first-order valence-corrected chi connectivity index (χ1v) is 9.71. The van der Waals surface area contributed by atoms with E-state index in [1.165, 1.54) is 0 Å². The van der Waals surface area contributed by atoms with Crippen LogP contribution in [0.3, 0.4) is 0 Å². The number of ketones is 1. The molecule has 2 aromatic rings. The van der Waals surface area contributed by atoms with E-state index in [-0.39, 0.29) is 12.8 Å². The number of fused-ring (bicyclic) bond motifs is 2. The predicted octanol–water partition coefficient (Wildman–Crippen LogP) is 3.50. The zero-order valence-electron chi connectivity index (χ0n) is 14.5. The molecule has 1 amide bonds. The number of nitrogens with zero attached hydrogens (tertiary/aromatic N) is 2. The van der Waals surface area contributed by atoms with Crippen LogP contribution in [-0.4, -0.2) is 36.6 Å². The number of likely N-dealkylation sites (tertiary alicyclic amines) is 1. The van der Waals surface area contributed by atoms with Crippen molar-refractivity contribution in [3.05, 3.63) is 52.0 Å². The predicted molar refractivity (Wildman–Crippen MR) is 102 cm³/mol. The molecule has 5 rings (SSSR count). The summed E-state index contributed by atoms with van der Waals surface area (Å²) in [7, 11) is 0. The van der Waals surface area contributed by atoms with Crippen molar-refractivity contribution in [1.29, 1.82) is 0 Å². The van der Waals surface area contributed by atoms with E-state index < -0.39 is 11.7 Å². The van der Waals surface area contributed by atoms with E-state index in [9.17, 15) is 9.59 Å². The Morgan fingerprint density at radius 1 is 1.11 bits per heavy atom. The van der Waals surface area contributed by atoms with Crippen LogP contribution >= 0.6 is 15.9 Å². The van der Waals surface area contributed by atoms with Crippen LogP contribution in [0.2, 0.25) is 0 Å². The van der Waals surface area contributed by atoms with E-state index in [0.29, 0.717) is 22.4 Å². The number of benzene rings is 2. The van der Waals surface area contributed by atoms with Crippen LogP contribution in [0.25, 0.3) is 0 Å². The topological polar surface area (TPSA) is 59.1 Å². The summed E-state index contributed by atoms with van der Waals surface area (Å²) in [5.74, 6) is 0.619. The molecule has 0 saturated carbocycles. The number of amides is 1. The Labute approximate surface area is 164 Å². The van der Waals surface area contributed by atoms with Gasteiger partial charge >= 0.3 is 5.91 Å². The summed E-state index contributed by atoms with van der Waals surface area (Å²) in [6, 6.07) is 11.7. The van der Waals surface area contributed by atoms with Crippen LogP contribution in [0.15, 0.2) is 40.9 Å². The molecular weight excluding hydrogens is 412 g/mol. The lowest BCUT2D eigenvalue weighted by atomic mass is 10.0. The van der Waals surface area contributed by atoms with Crippen LogP contribution in [-0.2, 0) is 4.79 Å². The highest BCUT2D eigenvalue weighted by Crippen LogP contribution is 2.40. The Balaban J connectivity index is 1.43. The molecule has 1 fully saturated rings. The van der Waals surface area contributed by atoms with Crippen LogP contribution in [0.1, 0.15) is 34.8 Å². The number of ether oxygens (including phenoxy) is 2. The van der Waals surface area contributed by atoms with Crippen LogP contribution in [0.5, 0.6) is 11.5 Å². The molecule has 0 radical (unpaired) electrons. The Morgan fingerprint density at radius 2 is 1.96 bits per heavy atom. The molecule has 0 aromatic heterocycles. The molecule has 3 heterocycles. The van der Waals surface area contributed by atoms with Crippen molar-refractivity contribution < 1.29 is 19.1 Å². The van der Waals surface area contributed by atoms with Gasteiger partial charge in [0.05, 0.1) is 17.9 Å². The SMILES string of the molecule is O=C1C(=O)N(CN2CCCC2c2ccc3c(c2)OCO3)c2cccc(Br)c21. The van der Waals surface area contributed by atoms with Crippen molar-refractivity contribution in [3.8, 4) is 11.5 Å². The minimum absolute atomic E-state index is 0.179. The van der Waals surface area contributed by atoms with Gasteiger partial charge < -0.3 is 9.47 Å². The smallest absolute Gasteiger partial charge is 0.300 e. The Kier molecular flexibility index (Phi) is 3.94. The first-order chi connectivity index (χ1) is 13.1. The van der Waals surface area contributed by atoms with Gasteiger partial charge in [-0.05, 0) is 58.6 Å². The van der Waals surface area contributed by atoms with Gasteiger partial charge in [0.15, 0.2) is 11.5 Å². The number of carbonyl (C=O) groups is 2. The third-order valence-electron chi connectivity index (χ3n) is 5.42. The number of hydrogen-bond acceptors (Lipinski definition) is 5. The third-order valence-corrected chi connectivity index (χ3v) is 6.08. The molecule has 3 aliphatic heterocycles. The standard InChI is InChI=1S/C20H17BrN2O4/c21-13-3-1-4-15-18(13)19(24)20(25)23(15)10-22-8-2-5-14(22)12-6-7-16-17(9-12)27-11-26-16/h1,3-4,6-7,9,14H,2,5,8,10-11H2. The molecule has 0 spiro atoms. The molecule has 0 N–H and O–H groups in total. The maximum atomic E-state index is 12.6. The van der Waals surface area contributed by atoms with Crippen molar-refractivity contribution in [2.24, 2.45) is 0 Å². The second kappa shape index (κ2) is 6.35. The Morgan fingerprint density at radius 3 is 2.85 bits per heavy atom. The summed E-state index contributed by atoms with van der Waals surface area (Å²) in [5, 5.41) is 0. The van der Waals surface area contributed by atoms with Gasteiger partial charge in [-0.1, -0.05) is 12.1 Å².